The summed E-state index contributed by atoms with van der Waals surface area (Å²) in [4.78, 5) is 20.0. The molecule has 4 heterocycles. The van der Waals surface area contributed by atoms with E-state index in [0.29, 0.717) is 29.5 Å². The highest BCUT2D eigenvalue weighted by Crippen LogP contribution is 2.28. The third kappa shape index (κ3) is 6.55. The van der Waals surface area contributed by atoms with Crippen LogP contribution in [0.2, 0.25) is 0 Å². The first-order valence-electron chi connectivity index (χ1n) is 13.2. The largest absolute Gasteiger partial charge is 0.490 e. The van der Waals surface area contributed by atoms with E-state index in [-0.39, 0.29) is 5.56 Å². The Morgan fingerprint density at radius 3 is 2.42 bits per heavy atom. The molecule has 0 fully saturated rings. The van der Waals surface area contributed by atoms with Crippen LogP contribution in [0, 0.1) is 44.9 Å². The summed E-state index contributed by atoms with van der Waals surface area (Å²) in [5.41, 5.74) is 13.0. The van der Waals surface area contributed by atoms with Crippen molar-refractivity contribution in [3.63, 3.8) is 0 Å². The molecular weight excluding hydrogens is 504 g/mol. The maximum absolute atomic E-state index is 11.3. The lowest BCUT2D eigenvalue weighted by molar-refractivity contribution is 0.206. The minimum atomic E-state index is -0.444. The molecule has 0 radical (unpaired) electrons. The van der Waals surface area contributed by atoms with Crippen molar-refractivity contribution < 1.29 is 4.74 Å². The quantitative estimate of drug-likeness (QED) is 0.319. The molecule has 0 aliphatic rings. The van der Waals surface area contributed by atoms with Crippen LogP contribution in [0.4, 0.5) is 0 Å². The van der Waals surface area contributed by atoms with Crippen LogP contribution >= 0.6 is 0 Å². The monoisotopic (exact) mass is 540 g/mol. The van der Waals surface area contributed by atoms with Crippen LogP contribution in [0.15, 0.2) is 47.3 Å². The first kappa shape index (κ1) is 28.5. The zero-order valence-corrected chi connectivity index (χ0v) is 24.1. The summed E-state index contributed by atoms with van der Waals surface area (Å²) in [5.74, 6) is 1.02. The molecule has 0 amide bonds. The van der Waals surface area contributed by atoms with Gasteiger partial charge >= 0.3 is 0 Å². The highest BCUT2D eigenvalue weighted by molar-refractivity contribution is 5.67. The Morgan fingerprint density at radius 2 is 1.73 bits per heavy atom. The number of hydrogen-bond acceptors (Lipinski definition) is 7. The SMILES string of the molecule is Cc1cc(-c2ccc(OC[C@@](C)(N)CC(C)C)c(C#N)c2)n2nc(C)cc2n1.Cc1cc(=O)n2[nH]c(C)cc2n1. The molecule has 10 heteroatoms. The number of ether oxygens (including phenoxy) is 1. The van der Waals surface area contributed by atoms with Crippen molar-refractivity contribution in [2.75, 3.05) is 6.61 Å². The standard InChI is InChI=1S/C22H27N5O.C8H9N3O/c1-14(2)11-22(5,24)13-28-20-7-6-17(10-18(20)12-23)19-8-15(3)25-21-9-16(4)26-27(19)21;1-5-4-8(12)11-7(9-5)3-6(2)10-11/h6-10,14H,11,13,24H2,1-5H3;3-4,10H,1-2H3/t22-;/m0./s1. The molecule has 5 rings (SSSR count). The van der Waals surface area contributed by atoms with Crippen molar-refractivity contribution in [2.24, 2.45) is 11.7 Å². The zero-order chi connectivity index (χ0) is 29.2. The van der Waals surface area contributed by atoms with Gasteiger partial charge in [0.1, 0.15) is 18.4 Å². The molecule has 0 aliphatic carbocycles. The summed E-state index contributed by atoms with van der Waals surface area (Å²) in [7, 11) is 0. The highest BCUT2D eigenvalue weighted by atomic mass is 16.5. The van der Waals surface area contributed by atoms with Gasteiger partial charge in [-0.15, -0.1) is 0 Å². The zero-order valence-electron chi connectivity index (χ0n) is 24.1. The lowest BCUT2D eigenvalue weighted by Crippen LogP contribution is -2.43. The van der Waals surface area contributed by atoms with E-state index in [0.717, 1.165) is 46.1 Å². The number of hydrogen-bond donors (Lipinski definition) is 2. The number of nitriles is 1. The number of H-pyrrole nitrogens is 1. The Morgan fingerprint density at radius 1 is 1.02 bits per heavy atom. The third-order valence-corrected chi connectivity index (χ3v) is 6.21. The second kappa shape index (κ2) is 11.3. The summed E-state index contributed by atoms with van der Waals surface area (Å²) in [6.07, 6.45) is 0.847. The first-order chi connectivity index (χ1) is 18.8. The van der Waals surface area contributed by atoms with Crippen LogP contribution in [0.1, 0.15) is 55.5 Å². The van der Waals surface area contributed by atoms with Gasteiger partial charge in [0.25, 0.3) is 5.56 Å². The van der Waals surface area contributed by atoms with Gasteiger partial charge in [-0.05, 0) is 71.2 Å². The molecule has 5 aromatic rings. The van der Waals surface area contributed by atoms with E-state index in [1.54, 1.807) is 4.52 Å². The lowest BCUT2D eigenvalue weighted by Gasteiger charge is -2.26. The number of rotatable bonds is 6. The fourth-order valence-corrected chi connectivity index (χ4v) is 4.79. The van der Waals surface area contributed by atoms with Gasteiger partial charge in [0.2, 0.25) is 0 Å². The molecule has 0 saturated carbocycles. The number of aromatic nitrogens is 6. The van der Waals surface area contributed by atoms with Crippen molar-refractivity contribution in [2.45, 2.75) is 60.4 Å². The second-order valence-electron chi connectivity index (χ2n) is 11.1. The molecule has 208 valence electrons. The smallest absolute Gasteiger partial charge is 0.272 e. The number of fused-ring (bicyclic) bond motifs is 2. The van der Waals surface area contributed by atoms with Crippen molar-refractivity contribution in [3.8, 4) is 23.1 Å². The molecule has 0 saturated heterocycles. The van der Waals surface area contributed by atoms with Crippen molar-refractivity contribution in [1.82, 2.24) is 29.2 Å². The van der Waals surface area contributed by atoms with E-state index >= 15 is 0 Å². The molecule has 1 aromatic carbocycles. The number of nitrogens with zero attached hydrogens (tertiary/aromatic N) is 6. The molecule has 0 bridgehead atoms. The van der Waals surface area contributed by atoms with E-state index in [4.69, 9.17) is 10.5 Å². The molecule has 0 unspecified atom stereocenters. The van der Waals surface area contributed by atoms with Gasteiger partial charge in [0.15, 0.2) is 11.3 Å². The van der Waals surface area contributed by atoms with Crippen molar-refractivity contribution >= 4 is 11.3 Å². The van der Waals surface area contributed by atoms with Crippen LogP contribution in [0.5, 0.6) is 5.75 Å². The Hall–Kier alpha value is -4.49. The molecule has 0 aliphatic heterocycles. The average Bonchev–Trinajstić information content (AvgIpc) is 3.42. The van der Waals surface area contributed by atoms with Crippen LogP contribution in [-0.2, 0) is 0 Å². The number of benzene rings is 1. The minimum absolute atomic E-state index is 0.0643. The second-order valence-corrected chi connectivity index (χ2v) is 11.1. The van der Waals surface area contributed by atoms with E-state index in [2.05, 4.69) is 40.1 Å². The van der Waals surface area contributed by atoms with E-state index in [1.807, 2.05) is 71.0 Å². The first-order valence-corrected chi connectivity index (χ1v) is 13.2. The van der Waals surface area contributed by atoms with Gasteiger partial charge < -0.3 is 10.5 Å². The molecule has 40 heavy (non-hydrogen) atoms. The highest BCUT2D eigenvalue weighted by Gasteiger charge is 2.22. The van der Waals surface area contributed by atoms with Gasteiger partial charge in [0, 0.05) is 46.4 Å². The van der Waals surface area contributed by atoms with Crippen LogP contribution in [0.3, 0.4) is 0 Å². The van der Waals surface area contributed by atoms with Crippen LogP contribution in [-0.4, -0.2) is 41.3 Å². The predicted octanol–water partition coefficient (Wildman–Crippen LogP) is 4.67. The minimum Gasteiger partial charge on any atom is -0.490 e. The van der Waals surface area contributed by atoms with Crippen LogP contribution < -0.4 is 16.0 Å². The van der Waals surface area contributed by atoms with Gasteiger partial charge in [-0.2, -0.15) is 10.4 Å². The summed E-state index contributed by atoms with van der Waals surface area (Å²) in [6.45, 7) is 14.2. The van der Waals surface area contributed by atoms with Gasteiger partial charge in [-0.1, -0.05) is 13.8 Å². The number of aryl methyl sites for hydroxylation is 4. The molecular formula is C30H36N8O2. The fourth-order valence-electron chi connectivity index (χ4n) is 4.79. The Kier molecular flexibility index (Phi) is 8.07. The maximum Gasteiger partial charge on any atom is 0.272 e. The fraction of sp³-hybridized carbons (Fsp3) is 0.367. The average molecular weight is 541 g/mol. The molecule has 4 aromatic heterocycles. The van der Waals surface area contributed by atoms with E-state index in [1.165, 1.54) is 10.6 Å². The van der Waals surface area contributed by atoms with Crippen LogP contribution in [0.25, 0.3) is 22.6 Å². The summed E-state index contributed by atoms with van der Waals surface area (Å²) in [6, 6.07) is 15.1. The summed E-state index contributed by atoms with van der Waals surface area (Å²) >= 11 is 0. The Labute approximate surface area is 233 Å². The maximum atomic E-state index is 11.3. The summed E-state index contributed by atoms with van der Waals surface area (Å²) < 4.78 is 9.16. The molecule has 10 nitrogen and oxygen atoms in total. The predicted molar refractivity (Wildman–Crippen MR) is 155 cm³/mol. The Bertz CT molecular complexity index is 1770. The van der Waals surface area contributed by atoms with E-state index in [9.17, 15) is 10.1 Å². The topological polar surface area (TPSA) is 139 Å². The number of nitrogens with two attached hydrogens (primary N) is 1. The normalized spacial score (nSPS) is 12.7. The Balaban J connectivity index is 0.000000255. The van der Waals surface area contributed by atoms with Crippen molar-refractivity contribution in [3.05, 3.63) is 81.2 Å². The van der Waals surface area contributed by atoms with E-state index < -0.39 is 5.54 Å². The molecule has 1 atom stereocenters. The van der Waals surface area contributed by atoms with Gasteiger partial charge in [0.05, 0.1) is 17.0 Å². The summed E-state index contributed by atoms with van der Waals surface area (Å²) in [5, 5.41) is 17.1. The molecule has 3 N–H and O–H groups in total. The van der Waals surface area contributed by atoms with Crippen molar-refractivity contribution in [1.29, 1.82) is 5.26 Å². The number of nitrogens with one attached hydrogen (secondary N) is 1. The molecule has 0 spiro atoms. The lowest BCUT2D eigenvalue weighted by atomic mass is 9.93. The third-order valence-electron chi connectivity index (χ3n) is 6.21. The van der Waals surface area contributed by atoms with Gasteiger partial charge in [-0.3, -0.25) is 9.89 Å². The van der Waals surface area contributed by atoms with Gasteiger partial charge in [-0.25, -0.2) is 19.0 Å². The number of aromatic amines is 1.